The van der Waals surface area contributed by atoms with E-state index in [1.165, 1.54) is 89.9 Å². The van der Waals surface area contributed by atoms with Gasteiger partial charge in [-0.2, -0.15) is 0 Å². The van der Waals surface area contributed by atoms with E-state index in [1.807, 2.05) is 0 Å². The number of carbonyl (C=O) groups is 3. The maximum Gasteiger partial charge on any atom is 0.306 e. The second kappa shape index (κ2) is 67.8. The summed E-state index contributed by atoms with van der Waals surface area (Å²) in [5.41, 5.74) is 0. The summed E-state index contributed by atoms with van der Waals surface area (Å²) in [6.07, 6.45) is 97.1. The summed E-state index contributed by atoms with van der Waals surface area (Å²) in [7, 11) is 0. The molecule has 1 unspecified atom stereocenters. The minimum Gasteiger partial charge on any atom is -0.462 e. The Morgan fingerprint density at radius 2 is 0.481 bits per heavy atom. The Labute approximate surface area is 499 Å². The standard InChI is InChI=1S/C75H122O6/c1-4-7-10-13-16-19-22-25-27-29-31-32-33-34-35-36-37-38-39-40-41-42-44-45-47-50-53-56-59-62-65-68-74(77)80-71-72(70-79-73(76)67-64-61-58-55-52-49-24-21-18-15-12-9-6-3)81-75(78)69-66-63-60-57-54-51-48-46-43-30-28-26-23-20-17-14-11-8-5-2/h7-8,10-11,16-17,19-21,24-28,31-32,34-35,37-38,40-41,43,46,72H,4-6,9,12-15,18,22-23,29-30,33,36,39,42,44-45,47-71H2,1-3H3/b10-7-,11-8-,19-16-,20-17-,24-21-,27-25-,28-26-,32-31-,35-34-,38-37-,41-40-,46-43-. The predicted molar refractivity (Wildman–Crippen MR) is 352 cm³/mol. The molecule has 0 aliphatic rings. The average molecular weight is 1120 g/mol. The molecule has 0 amide bonds. The maximum atomic E-state index is 12.9. The highest BCUT2D eigenvalue weighted by Gasteiger charge is 2.19. The maximum absolute atomic E-state index is 12.9. The molecule has 0 fully saturated rings. The molecule has 0 saturated heterocycles. The Morgan fingerprint density at radius 1 is 0.259 bits per heavy atom. The molecule has 0 rings (SSSR count). The lowest BCUT2D eigenvalue weighted by atomic mass is 10.1. The fourth-order valence-electron chi connectivity index (χ4n) is 8.88. The van der Waals surface area contributed by atoms with Gasteiger partial charge in [-0.15, -0.1) is 0 Å². The molecule has 1 atom stereocenters. The Balaban J connectivity index is 4.34. The number of unbranched alkanes of at least 4 members (excludes halogenated alkanes) is 24. The van der Waals surface area contributed by atoms with Crippen molar-refractivity contribution in [1.82, 2.24) is 0 Å². The van der Waals surface area contributed by atoms with Crippen LogP contribution in [-0.2, 0) is 28.6 Å². The van der Waals surface area contributed by atoms with Crippen LogP contribution in [0.25, 0.3) is 0 Å². The molecule has 0 aromatic rings. The second-order valence-corrected chi connectivity index (χ2v) is 21.6. The van der Waals surface area contributed by atoms with Crippen molar-refractivity contribution in [1.29, 1.82) is 0 Å². The molecule has 81 heavy (non-hydrogen) atoms. The fourth-order valence-corrected chi connectivity index (χ4v) is 8.88. The van der Waals surface area contributed by atoms with Gasteiger partial charge in [0.05, 0.1) is 0 Å². The van der Waals surface area contributed by atoms with Gasteiger partial charge in [-0.3, -0.25) is 14.4 Å². The van der Waals surface area contributed by atoms with Crippen LogP contribution in [0.5, 0.6) is 0 Å². The van der Waals surface area contributed by atoms with Crippen LogP contribution in [0.3, 0.4) is 0 Å². The molecule has 0 aromatic carbocycles. The van der Waals surface area contributed by atoms with Gasteiger partial charge in [-0.05, 0) is 141 Å². The third-order valence-electron chi connectivity index (χ3n) is 13.8. The van der Waals surface area contributed by atoms with Crippen LogP contribution in [0.15, 0.2) is 146 Å². The topological polar surface area (TPSA) is 78.9 Å². The molecular weight excluding hydrogens is 997 g/mol. The highest BCUT2D eigenvalue weighted by molar-refractivity contribution is 5.71. The molecule has 6 heteroatoms. The summed E-state index contributed by atoms with van der Waals surface area (Å²) >= 11 is 0. The summed E-state index contributed by atoms with van der Waals surface area (Å²) in [6, 6.07) is 0. The molecule has 0 aliphatic heterocycles. The van der Waals surface area contributed by atoms with Gasteiger partial charge in [-0.25, -0.2) is 0 Å². The molecule has 0 heterocycles. The lowest BCUT2D eigenvalue weighted by Crippen LogP contribution is -2.30. The van der Waals surface area contributed by atoms with Crippen molar-refractivity contribution in [2.75, 3.05) is 13.2 Å². The van der Waals surface area contributed by atoms with Gasteiger partial charge < -0.3 is 14.2 Å². The van der Waals surface area contributed by atoms with E-state index in [4.69, 9.17) is 14.2 Å². The van der Waals surface area contributed by atoms with Crippen molar-refractivity contribution in [3.8, 4) is 0 Å². The summed E-state index contributed by atoms with van der Waals surface area (Å²) in [4.78, 5) is 38.3. The smallest absolute Gasteiger partial charge is 0.306 e. The van der Waals surface area contributed by atoms with Gasteiger partial charge in [0.15, 0.2) is 6.10 Å². The fraction of sp³-hybridized carbons (Fsp3) is 0.640. The normalized spacial score (nSPS) is 13.1. The first kappa shape index (κ1) is 76.3. The number of carbonyl (C=O) groups excluding carboxylic acids is 3. The van der Waals surface area contributed by atoms with E-state index in [9.17, 15) is 14.4 Å². The summed E-state index contributed by atoms with van der Waals surface area (Å²) in [5, 5.41) is 0. The first-order valence-electron chi connectivity index (χ1n) is 33.3. The highest BCUT2D eigenvalue weighted by atomic mass is 16.6. The van der Waals surface area contributed by atoms with Gasteiger partial charge in [0.1, 0.15) is 13.2 Å². The minimum absolute atomic E-state index is 0.0936. The van der Waals surface area contributed by atoms with E-state index >= 15 is 0 Å². The zero-order valence-corrected chi connectivity index (χ0v) is 52.5. The molecule has 0 bridgehead atoms. The zero-order chi connectivity index (χ0) is 58.5. The molecule has 6 nitrogen and oxygen atoms in total. The van der Waals surface area contributed by atoms with Crippen LogP contribution in [0.4, 0.5) is 0 Å². The lowest BCUT2D eigenvalue weighted by Gasteiger charge is -2.18. The number of hydrogen-bond acceptors (Lipinski definition) is 6. The third kappa shape index (κ3) is 66.0. The van der Waals surface area contributed by atoms with E-state index in [0.717, 1.165) is 161 Å². The first-order chi connectivity index (χ1) is 40.0. The Morgan fingerprint density at radius 3 is 0.765 bits per heavy atom. The molecule has 0 radical (unpaired) electrons. The Hall–Kier alpha value is -4.71. The van der Waals surface area contributed by atoms with Crippen LogP contribution >= 0.6 is 0 Å². The molecular formula is C75H122O6. The van der Waals surface area contributed by atoms with Gasteiger partial charge in [0.25, 0.3) is 0 Å². The molecule has 0 spiro atoms. The quantitative estimate of drug-likeness (QED) is 0.0261. The number of hydrogen-bond donors (Lipinski definition) is 0. The van der Waals surface area contributed by atoms with Crippen LogP contribution in [0.2, 0.25) is 0 Å². The molecule has 0 N–H and O–H groups in total. The molecule has 0 aromatic heterocycles. The van der Waals surface area contributed by atoms with Crippen LogP contribution in [-0.4, -0.2) is 37.2 Å². The van der Waals surface area contributed by atoms with E-state index < -0.39 is 6.10 Å². The minimum atomic E-state index is -0.798. The summed E-state index contributed by atoms with van der Waals surface area (Å²) in [6.45, 7) is 6.38. The van der Waals surface area contributed by atoms with E-state index in [-0.39, 0.29) is 31.1 Å². The van der Waals surface area contributed by atoms with Gasteiger partial charge in [0.2, 0.25) is 0 Å². The number of rotatable bonds is 59. The van der Waals surface area contributed by atoms with Crippen LogP contribution in [0.1, 0.15) is 290 Å². The summed E-state index contributed by atoms with van der Waals surface area (Å²) in [5.74, 6) is -0.920. The highest BCUT2D eigenvalue weighted by Crippen LogP contribution is 2.15. The van der Waals surface area contributed by atoms with Crippen LogP contribution < -0.4 is 0 Å². The zero-order valence-electron chi connectivity index (χ0n) is 52.5. The number of allylic oxidation sites excluding steroid dienone is 24. The first-order valence-corrected chi connectivity index (χ1v) is 33.3. The SMILES string of the molecule is CC/C=C\C/C=C\C/C=C\C/C=C\C/C=C\C/C=C\C/C=C\CCCCCCCCCCCC(=O)OCC(COC(=O)CCCCCCC/C=C\CCCCCC)OC(=O)CCCCCCCC/C=C\C/C=C\C/C=C\C/C=C\CC. The molecule has 458 valence electrons. The van der Waals surface area contributed by atoms with E-state index in [0.29, 0.717) is 19.3 Å². The van der Waals surface area contributed by atoms with Crippen molar-refractivity contribution in [3.63, 3.8) is 0 Å². The second-order valence-electron chi connectivity index (χ2n) is 21.6. The monoisotopic (exact) mass is 1120 g/mol. The van der Waals surface area contributed by atoms with Crippen molar-refractivity contribution in [2.24, 2.45) is 0 Å². The average Bonchev–Trinajstić information content (AvgIpc) is 3.46. The van der Waals surface area contributed by atoms with Gasteiger partial charge >= 0.3 is 17.9 Å². The Kier molecular flexibility index (Phi) is 63.9. The molecule has 0 saturated carbocycles. The van der Waals surface area contributed by atoms with Gasteiger partial charge in [-0.1, -0.05) is 276 Å². The van der Waals surface area contributed by atoms with E-state index in [2.05, 4.69) is 167 Å². The predicted octanol–water partition coefficient (Wildman–Crippen LogP) is 23.1. The third-order valence-corrected chi connectivity index (χ3v) is 13.8. The summed E-state index contributed by atoms with van der Waals surface area (Å²) < 4.78 is 16.9. The largest absolute Gasteiger partial charge is 0.462 e. The van der Waals surface area contributed by atoms with Crippen molar-refractivity contribution in [2.45, 2.75) is 297 Å². The Bertz CT molecular complexity index is 1760. The van der Waals surface area contributed by atoms with Crippen LogP contribution in [0, 0.1) is 0 Å². The molecule has 0 aliphatic carbocycles. The van der Waals surface area contributed by atoms with Gasteiger partial charge in [0, 0.05) is 19.3 Å². The van der Waals surface area contributed by atoms with Crippen molar-refractivity contribution in [3.05, 3.63) is 146 Å². The number of ether oxygens (including phenoxy) is 3. The number of esters is 3. The van der Waals surface area contributed by atoms with Crippen molar-refractivity contribution < 1.29 is 28.6 Å². The van der Waals surface area contributed by atoms with E-state index in [1.54, 1.807) is 0 Å². The van der Waals surface area contributed by atoms with Crippen molar-refractivity contribution >= 4 is 17.9 Å². The lowest BCUT2D eigenvalue weighted by molar-refractivity contribution is -0.167.